The molecule has 0 fully saturated rings. The first-order valence-electron chi connectivity index (χ1n) is 6.54. The first-order valence-corrected chi connectivity index (χ1v) is 7.34. The van der Waals surface area contributed by atoms with Gasteiger partial charge in [0.25, 0.3) is 0 Å². The molecular formula is C15H20BrN3O. The highest BCUT2D eigenvalue weighted by Crippen LogP contribution is 2.34. The third kappa shape index (κ3) is 2.60. The third-order valence-corrected chi connectivity index (χ3v) is 4.21. The molecule has 5 heteroatoms. The SMILES string of the molecule is COc1cc(C)c(C(CN)c2ncc(Br)[nH]2)c(C)c1C. The summed E-state index contributed by atoms with van der Waals surface area (Å²) in [5.41, 5.74) is 10.8. The second-order valence-electron chi connectivity index (χ2n) is 4.96. The number of aromatic amines is 1. The number of benzene rings is 1. The van der Waals surface area contributed by atoms with E-state index in [0.29, 0.717) is 6.54 Å². The lowest BCUT2D eigenvalue weighted by molar-refractivity contribution is 0.410. The van der Waals surface area contributed by atoms with Gasteiger partial charge in [0.15, 0.2) is 0 Å². The van der Waals surface area contributed by atoms with Gasteiger partial charge in [-0.2, -0.15) is 0 Å². The molecule has 3 N–H and O–H groups in total. The van der Waals surface area contributed by atoms with Crippen LogP contribution in [0.2, 0.25) is 0 Å². The summed E-state index contributed by atoms with van der Waals surface area (Å²) in [4.78, 5) is 7.63. The molecule has 0 aliphatic heterocycles. The van der Waals surface area contributed by atoms with Crippen molar-refractivity contribution in [1.82, 2.24) is 9.97 Å². The van der Waals surface area contributed by atoms with E-state index in [9.17, 15) is 0 Å². The molecule has 20 heavy (non-hydrogen) atoms. The Morgan fingerprint density at radius 1 is 1.35 bits per heavy atom. The Morgan fingerprint density at radius 3 is 2.55 bits per heavy atom. The number of hydrogen-bond acceptors (Lipinski definition) is 3. The lowest BCUT2D eigenvalue weighted by Crippen LogP contribution is -2.18. The minimum Gasteiger partial charge on any atom is -0.496 e. The van der Waals surface area contributed by atoms with E-state index in [1.807, 2.05) is 0 Å². The van der Waals surface area contributed by atoms with Gasteiger partial charge in [-0.25, -0.2) is 4.98 Å². The highest BCUT2D eigenvalue weighted by molar-refractivity contribution is 9.10. The Labute approximate surface area is 127 Å². The molecule has 2 rings (SSSR count). The van der Waals surface area contributed by atoms with E-state index in [1.54, 1.807) is 13.3 Å². The van der Waals surface area contributed by atoms with Gasteiger partial charge in [0.2, 0.25) is 0 Å². The summed E-state index contributed by atoms with van der Waals surface area (Å²) in [6.45, 7) is 6.78. The van der Waals surface area contributed by atoms with E-state index in [4.69, 9.17) is 10.5 Å². The van der Waals surface area contributed by atoms with Crippen molar-refractivity contribution in [2.75, 3.05) is 13.7 Å². The monoisotopic (exact) mass is 337 g/mol. The van der Waals surface area contributed by atoms with E-state index >= 15 is 0 Å². The van der Waals surface area contributed by atoms with Crippen molar-refractivity contribution in [3.05, 3.63) is 44.9 Å². The molecule has 0 saturated heterocycles. The van der Waals surface area contributed by atoms with E-state index in [2.05, 4.69) is 52.7 Å². The van der Waals surface area contributed by atoms with Gasteiger partial charge in [0.1, 0.15) is 16.2 Å². The molecular weight excluding hydrogens is 318 g/mol. The number of hydrogen-bond donors (Lipinski definition) is 2. The van der Waals surface area contributed by atoms with Crippen LogP contribution in [0.5, 0.6) is 5.75 Å². The molecule has 1 atom stereocenters. The number of H-pyrrole nitrogens is 1. The number of nitrogens with one attached hydrogen (secondary N) is 1. The number of methoxy groups -OCH3 is 1. The number of nitrogens with two attached hydrogens (primary N) is 1. The molecule has 0 spiro atoms. The van der Waals surface area contributed by atoms with Crippen molar-refractivity contribution < 1.29 is 4.74 Å². The van der Waals surface area contributed by atoms with E-state index < -0.39 is 0 Å². The molecule has 0 bridgehead atoms. The molecule has 1 heterocycles. The molecule has 0 radical (unpaired) electrons. The zero-order valence-corrected chi connectivity index (χ0v) is 13.8. The number of imidazole rings is 1. The predicted molar refractivity (Wildman–Crippen MR) is 84.4 cm³/mol. The molecule has 108 valence electrons. The molecule has 1 aromatic carbocycles. The summed E-state index contributed by atoms with van der Waals surface area (Å²) in [7, 11) is 1.70. The number of halogens is 1. The largest absolute Gasteiger partial charge is 0.496 e. The van der Waals surface area contributed by atoms with Crippen LogP contribution in [0.15, 0.2) is 16.9 Å². The molecule has 1 unspecified atom stereocenters. The minimum atomic E-state index is 0.0610. The zero-order chi connectivity index (χ0) is 14.9. The summed E-state index contributed by atoms with van der Waals surface area (Å²) < 4.78 is 6.29. The Morgan fingerprint density at radius 2 is 2.05 bits per heavy atom. The minimum absolute atomic E-state index is 0.0610. The number of rotatable bonds is 4. The average Bonchev–Trinajstić information content (AvgIpc) is 2.85. The van der Waals surface area contributed by atoms with Crippen LogP contribution in [0, 0.1) is 20.8 Å². The number of aromatic nitrogens is 2. The highest BCUT2D eigenvalue weighted by Gasteiger charge is 2.22. The van der Waals surface area contributed by atoms with Crippen LogP contribution < -0.4 is 10.5 Å². The van der Waals surface area contributed by atoms with Crippen molar-refractivity contribution in [1.29, 1.82) is 0 Å². The van der Waals surface area contributed by atoms with Gasteiger partial charge in [-0.15, -0.1) is 0 Å². The maximum atomic E-state index is 6.00. The second-order valence-corrected chi connectivity index (χ2v) is 5.82. The van der Waals surface area contributed by atoms with E-state index in [-0.39, 0.29) is 5.92 Å². The van der Waals surface area contributed by atoms with Gasteiger partial charge in [0.05, 0.1) is 19.2 Å². The summed E-state index contributed by atoms with van der Waals surface area (Å²) in [5.74, 6) is 1.86. The topological polar surface area (TPSA) is 63.9 Å². The van der Waals surface area contributed by atoms with Crippen molar-refractivity contribution in [2.24, 2.45) is 5.73 Å². The van der Waals surface area contributed by atoms with Gasteiger partial charge in [-0.05, 0) is 65.0 Å². The molecule has 4 nitrogen and oxygen atoms in total. The second kappa shape index (κ2) is 5.97. The van der Waals surface area contributed by atoms with Crippen LogP contribution in [0.3, 0.4) is 0 Å². The Hall–Kier alpha value is -1.33. The molecule has 1 aromatic heterocycles. The van der Waals surface area contributed by atoms with Gasteiger partial charge >= 0.3 is 0 Å². The van der Waals surface area contributed by atoms with Crippen LogP contribution in [-0.4, -0.2) is 23.6 Å². The Bertz CT molecular complexity index is 622. The van der Waals surface area contributed by atoms with Crippen LogP contribution in [-0.2, 0) is 0 Å². The molecule has 0 amide bonds. The maximum Gasteiger partial charge on any atom is 0.122 e. The summed E-state index contributed by atoms with van der Waals surface area (Å²) in [6, 6.07) is 2.07. The fourth-order valence-corrected chi connectivity index (χ4v) is 2.98. The van der Waals surface area contributed by atoms with Gasteiger partial charge in [-0.1, -0.05) is 0 Å². The number of nitrogens with zero attached hydrogens (tertiary/aromatic N) is 1. The fraction of sp³-hybridized carbons (Fsp3) is 0.400. The molecule has 2 aromatic rings. The van der Waals surface area contributed by atoms with Crippen LogP contribution in [0.4, 0.5) is 0 Å². The van der Waals surface area contributed by atoms with Crippen molar-refractivity contribution in [3.63, 3.8) is 0 Å². The van der Waals surface area contributed by atoms with Gasteiger partial charge < -0.3 is 15.5 Å². The molecule has 0 aliphatic carbocycles. The lowest BCUT2D eigenvalue weighted by atomic mass is 9.87. The fourth-order valence-electron chi connectivity index (χ4n) is 2.67. The average molecular weight is 338 g/mol. The smallest absolute Gasteiger partial charge is 0.122 e. The summed E-state index contributed by atoms with van der Waals surface area (Å²) >= 11 is 3.40. The van der Waals surface area contributed by atoms with Gasteiger partial charge in [0, 0.05) is 6.54 Å². The van der Waals surface area contributed by atoms with Crippen LogP contribution >= 0.6 is 15.9 Å². The lowest BCUT2D eigenvalue weighted by Gasteiger charge is -2.21. The number of aryl methyl sites for hydroxylation is 1. The van der Waals surface area contributed by atoms with Crippen molar-refractivity contribution in [2.45, 2.75) is 26.7 Å². The summed E-state index contributed by atoms with van der Waals surface area (Å²) in [6.07, 6.45) is 1.76. The first kappa shape index (κ1) is 15.1. The quantitative estimate of drug-likeness (QED) is 0.900. The Kier molecular flexibility index (Phi) is 4.50. The van der Waals surface area contributed by atoms with Crippen LogP contribution in [0.1, 0.15) is 34.0 Å². The summed E-state index contributed by atoms with van der Waals surface area (Å²) in [5, 5.41) is 0. The van der Waals surface area contributed by atoms with Crippen molar-refractivity contribution in [3.8, 4) is 5.75 Å². The predicted octanol–water partition coefficient (Wildman–Crippen LogP) is 3.20. The number of ether oxygens (including phenoxy) is 1. The standard InChI is InChI=1S/C15H20BrN3O/c1-8-5-12(20-4)9(2)10(3)14(8)11(6-17)15-18-7-13(16)19-15/h5,7,11H,6,17H2,1-4H3,(H,18,19). The maximum absolute atomic E-state index is 6.00. The highest BCUT2D eigenvalue weighted by atomic mass is 79.9. The van der Waals surface area contributed by atoms with Crippen LogP contribution in [0.25, 0.3) is 0 Å². The molecule has 0 saturated carbocycles. The molecule has 0 aliphatic rings. The zero-order valence-electron chi connectivity index (χ0n) is 12.2. The van der Waals surface area contributed by atoms with E-state index in [0.717, 1.165) is 21.7 Å². The normalized spacial score (nSPS) is 12.5. The Balaban J connectivity index is 2.58. The van der Waals surface area contributed by atoms with Gasteiger partial charge in [-0.3, -0.25) is 0 Å². The first-order chi connectivity index (χ1) is 9.49. The third-order valence-electron chi connectivity index (χ3n) is 3.81. The van der Waals surface area contributed by atoms with Crippen molar-refractivity contribution >= 4 is 15.9 Å². The van der Waals surface area contributed by atoms with E-state index in [1.165, 1.54) is 16.7 Å².